The van der Waals surface area contributed by atoms with Crippen molar-refractivity contribution in [2.75, 3.05) is 10.6 Å². The molecule has 0 spiro atoms. The molecule has 2 nitrogen and oxygen atoms in total. The van der Waals surface area contributed by atoms with Gasteiger partial charge in [-0.2, -0.15) is 0 Å². The van der Waals surface area contributed by atoms with Crippen molar-refractivity contribution in [3.8, 4) is 0 Å². The van der Waals surface area contributed by atoms with E-state index >= 15 is 0 Å². The highest BCUT2D eigenvalue weighted by molar-refractivity contribution is 7.80. The van der Waals surface area contributed by atoms with Gasteiger partial charge in [0.2, 0.25) is 0 Å². The van der Waals surface area contributed by atoms with Crippen molar-refractivity contribution in [2.24, 2.45) is 0 Å². The second-order valence-electron chi connectivity index (χ2n) is 4.85. The Balaban J connectivity index is 2.02. The van der Waals surface area contributed by atoms with Gasteiger partial charge in [-0.05, 0) is 54.9 Å². The summed E-state index contributed by atoms with van der Waals surface area (Å²) in [5.74, 6) is -0.286. The maximum absolute atomic E-state index is 13.1. The Bertz CT molecular complexity index is 613. The average Bonchev–Trinajstić information content (AvgIpc) is 2.46. The van der Waals surface area contributed by atoms with Gasteiger partial charge in [0.15, 0.2) is 5.11 Å². The van der Waals surface area contributed by atoms with Crippen LogP contribution in [0.15, 0.2) is 48.5 Å². The van der Waals surface area contributed by atoms with E-state index in [-0.39, 0.29) is 5.82 Å². The number of para-hydroxylation sites is 1. The van der Waals surface area contributed by atoms with Gasteiger partial charge in [-0.1, -0.05) is 37.6 Å². The lowest BCUT2D eigenvalue weighted by molar-refractivity contribution is 0.628. The molecule has 0 bridgehead atoms. The standard InChI is InChI=1S/C17H19FN2S/c1-2-3-7-13-8-4-5-11-16(13)20-17(21)19-15-10-6-9-14(18)12-15/h4-6,8-12H,2-3,7H2,1H3,(H2,19,20,21). The molecule has 2 aromatic rings. The summed E-state index contributed by atoms with van der Waals surface area (Å²) >= 11 is 5.29. The monoisotopic (exact) mass is 302 g/mol. The van der Waals surface area contributed by atoms with Crippen molar-refractivity contribution < 1.29 is 4.39 Å². The van der Waals surface area contributed by atoms with Gasteiger partial charge in [-0.3, -0.25) is 0 Å². The van der Waals surface area contributed by atoms with E-state index in [9.17, 15) is 4.39 Å². The van der Waals surface area contributed by atoms with Crippen LogP contribution in [0.2, 0.25) is 0 Å². The first-order chi connectivity index (χ1) is 10.2. The fourth-order valence-corrected chi connectivity index (χ4v) is 2.31. The molecule has 0 saturated heterocycles. The minimum absolute atomic E-state index is 0.286. The van der Waals surface area contributed by atoms with E-state index in [2.05, 4.69) is 23.6 Å². The maximum atomic E-state index is 13.1. The Morgan fingerprint density at radius 1 is 1.10 bits per heavy atom. The number of halogens is 1. The Hall–Kier alpha value is -1.94. The van der Waals surface area contributed by atoms with Crippen LogP contribution in [0.25, 0.3) is 0 Å². The van der Waals surface area contributed by atoms with E-state index in [0.717, 1.165) is 24.9 Å². The Morgan fingerprint density at radius 3 is 2.67 bits per heavy atom. The summed E-state index contributed by atoms with van der Waals surface area (Å²) in [5.41, 5.74) is 2.88. The van der Waals surface area contributed by atoms with Crippen molar-refractivity contribution >= 4 is 28.7 Å². The van der Waals surface area contributed by atoms with E-state index in [0.29, 0.717) is 10.8 Å². The topological polar surface area (TPSA) is 24.1 Å². The SMILES string of the molecule is CCCCc1ccccc1NC(=S)Nc1cccc(F)c1. The van der Waals surface area contributed by atoms with Gasteiger partial charge in [0.05, 0.1) is 0 Å². The van der Waals surface area contributed by atoms with Crippen molar-refractivity contribution in [1.29, 1.82) is 0 Å². The first-order valence-corrected chi connectivity index (χ1v) is 7.51. The Labute approximate surface area is 130 Å². The lowest BCUT2D eigenvalue weighted by Gasteiger charge is -2.14. The predicted molar refractivity (Wildman–Crippen MR) is 91.3 cm³/mol. The zero-order chi connectivity index (χ0) is 15.1. The third-order valence-electron chi connectivity index (χ3n) is 3.15. The highest BCUT2D eigenvalue weighted by Gasteiger charge is 2.04. The lowest BCUT2D eigenvalue weighted by atomic mass is 10.1. The summed E-state index contributed by atoms with van der Waals surface area (Å²) in [4.78, 5) is 0. The molecule has 0 saturated carbocycles. The maximum Gasteiger partial charge on any atom is 0.175 e. The van der Waals surface area contributed by atoms with Crippen LogP contribution in [0.5, 0.6) is 0 Å². The van der Waals surface area contributed by atoms with Crippen molar-refractivity contribution in [1.82, 2.24) is 0 Å². The molecule has 2 rings (SSSR count). The van der Waals surface area contributed by atoms with Crippen molar-refractivity contribution in [2.45, 2.75) is 26.2 Å². The molecule has 21 heavy (non-hydrogen) atoms. The van der Waals surface area contributed by atoms with Gasteiger partial charge in [-0.25, -0.2) is 4.39 Å². The molecule has 2 aromatic carbocycles. The summed E-state index contributed by atoms with van der Waals surface area (Å²) < 4.78 is 13.1. The van der Waals surface area contributed by atoms with Crippen LogP contribution in [0, 0.1) is 5.82 Å². The van der Waals surface area contributed by atoms with E-state index in [1.165, 1.54) is 17.7 Å². The van der Waals surface area contributed by atoms with Gasteiger partial charge in [-0.15, -0.1) is 0 Å². The van der Waals surface area contributed by atoms with Crippen LogP contribution in [0.1, 0.15) is 25.3 Å². The number of unbranched alkanes of at least 4 members (excludes halogenated alkanes) is 1. The molecule has 4 heteroatoms. The number of rotatable bonds is 5. The second-order valence-corrected chi connectivity index (χ2v) is 5.26. The Morgan fingerprint density at radius 2 is 1.90 bits per heavy atom. The zero-order valence-electron chi connectivity index (χ0n) is 12.0. The van der Waals surface area contributed by atoms with E-state index in [1.807, 2.05) is 18.2 Å². The number of aryl methyl sites for hydroxylation is 1. The van der Waals surface area contributed by atoms with Gasteiger partial charge in [0.1, 0.15) is 5.82 Å². The highest BCUT2D eigenvalue weighted by Crippen LogP contribution is 2.18. The molecule has 0 aliphatic carbocycles. The molecular weight excluding hydrogens is 283 g/mol. The molecule has 2 N–H and O–H groups in total. The first kappa shape index (κ1) is 15.4. The quantitative estimate of drug-likeness (QED) is 0.762. The number of hydrogen-bond acceptors (Lipinski definition) is 1. The molecule has 110 valence electrons. The number of hydrogen-bond donors (Lipinski definition) is 2. The second kappa shape index (κ2) is 7.74. The van der Waals surface area contributed by atoms with Crippen LogP contribution >= 0.6 is 12.2 Å². The van der Waals surface area contributed by atoms with Gasteiger partial charge < -0.3 is 10.6 Å². The van der Waals surface area contributed by atoms with Crippen LogP contribution in [-0.4, -0.2) is 5.11 Å². The molecule has 0 heterocycles. The summed E-state index contributed by atoms with van der Waals surface area (Å²) in [6.45, 7) is 2.17. The minimum Gasteiger partial charge on any atom is -0.332 e. The molecular formula is C17H19FN2S. The van der Waals surface area contributed by atoms with Crippen LogP contribution in [0.4, 0.5) is 15.8 Å². The van der Waals surface area contributed by atoms with Gasteiger partial charge >= 0.3 is 0 Å². The van der Waals surface area contributed by atoms with Gasteiger partial charge in [0, 0.05) is 11.4 Å². The molecule has 0 aliphatic heterocycles. The fourth-order valence-electron chi connectivity index (χ4n) is 2.08. The predicted octanol–water partition coefficient (Wildman–Crippen LogP) is 4.98. The van der Waals surface area contributed by atoms with Crippen molar-refractivity contribution in [3.63, 3.8) is 0 Å². The van der Waals surface area contributed by atoms with E-state index in [1.54, 1.807) is 12.1 Å². The fraction of sp³-hybridized carbons (Fsp3) is 0.235. The largest absolute Gasteiger partial charge is 0.332 e. The van der Waals surface area contributed by atoms with Crippen LogP contribution in [0.3, 0.4) is 0 Å². The molecule has 0 atom stereocenters. The minimum atomic E-state index is -0.286. The zero-order valence-corrected chi connectivity index (χ0v) is 12.8. The molecule has 0 amide bonds. The summed E-state index contributed by atoms with van der Waals surface area (Å²) in [6.07, 6.45) is 3.31. The highest BCUT2D eigenvalue weighted by atomic mass is 32.1. The molecule has 0 aromatic heterocycles. The third-order valence-corrected chi connectivity index (χ3v) is 3.35. The summed E-state index contributed by atoms with van der Waals surface area (Å²) in [6, 6.07) is 14.4. The molecule has 0 fully saturated rings. The number of nitrogens with one attached hydrogen (secondary N) is 2. The molecule has 0 aliphatic rings. The number of anilines is 2. The van der Waals surface area contributed by atoms with E-state index in [4.69, 9.17) is 12.2 Å². The average molecular weight is 302 g/mol. The number of benzene rings is 2. The third kappa shape index (κ3) is 4.83. The van der Waals surface area contributed by atoms with Crippen LogP contribution < -0.4 is 10.6 Å². The lowest BCUT2D eigenvalue weighted by Crippen LogP contribution is -2.20. The van der Waals surface area contributed by atoms with Crippen LogP contribution in [-0.2, 0) is 6.42 Å². The summed E-state index contributed by atoms with van der Waals surface area (Å²) in [7, 11) is 0. The normalized spacial score (nSPS) is 10.2. The first-order valence-electron chi connectivity index (χ1n) is 7.10. The summed E-state index contributed by atoms with van der Waals surface area (Å²) in [5, 5.41) is 6.64. The molecule has 0 unspecified atom stereocenters. The smallest absolute Gasteiger partial charge is 0.175 e. The number of thiocarbonyl (C=S) groups is 1. The van der Waals surface area contributed by atoms with Gasteiger partial charge in [0.25, 0.3) is 0 Å². The Kier molecular flexibility index (Phi) is 5.69. The van der Waals surface area contributed by atoms with Crippen molar-refractivity contribution in [3.05, 3.63) is 59.9 Å². The molecule has 0 radical (unpaired) electrons. The van der Waals surface area contributed by atoms with E-state index < -0.39 is 0 Å².